The highest BCUT2D eigenvalue weighted by atomic mass is 32.3. The minimum atomic E-state index is 1.34. The standard InChI is InChI=1S/C16H12S9/c1-17-13-14(18-2)21-10(20-13)3-4-11-22-15-16(23-11)25-12(24-15)9-5-7-19-8-6-9/h3-8H,1-2H3. The van der Waals surface area contributed by atoms with Crippen LogP contribution in [0.3, 0.4) is 0 Å². The molecular formula is C16H12S9. The van der Waals surface area contributed by atoms with E-state index in [-0.39, 0.29) is 0 Å². The fourth-order valence-electron chi connectivity index (χ4n) is 1.99. The first-order valence-electron chi connectivity index (χ1n) is 7.05. The summed E-state index contributed by atoms with van der Waals surface area (Å²) >= 11 is 16.9. The number of allylic oxidation sites excluding steroid dienone is 5. The van der Waals surface area contributed by atoms with Gasteiger partial charge in [-0.15, -0.1) is 35.3 Å². The van der Waals surface area contributed by atoms with Crippen LogP contribution in [0, 0.1) is 0 Å². The van der Waals surface area contributed by atoms with Crippen LogP contribution >= 0.6 is 106 Å². The van der Waals surface area contributed by atoms with Crippen LogP contribution in [-0.4, -0.2) is 12.5 Å². The van der Waals surface area contributed by atoms with Gasteiger partial charge < -0.3 is 0 Å². The average molecular weight is 493 g/mol. The van der Waals surface area contributed by atoms with E-state index in [1.807, 2.05) is 94.1 Å². The molecule has 9 heteroatoms. The van der Waals surface area contributed by atoms with E-state index in [4.69, 9.17) is 0 Å². The van der Waals surface area contributed by atoms with Crippen molar-refractivity contribution in [2.45, 2.75) is 0 Å². The van der Waals surface area contributed by atoms with E-state index in [2.05, 4.69) is 47.6 Å². The van der Waals surface area contributed by atoms with Crippen LogP contribution in [0.5, 0.6) is 0 Å². The van der Waals surface area contributed by atoms with Gasteiger partial charge in [-0.1, -0.05) is 70.6 Å². The minimum absolute atomic E-state index is 1.34. The summed E-state index contributed by atoms with van der Waals surface area (Å²) in [4.78, 5) is 0. The molecule has 0 atom stereocenters. The Morgan fingerprint density at radius 1 is 0.680 bits per heavy atom. The molecule has 0 unspecified atom stereocenters. The quantitative estimate of drug-likeness (QED) is 0.375. The first kappa shape index (κ1) is 19.6. The highest BCUT2D eigenvalue weighted by Gasteiger charge is 2.31. The van der Waals surface area contributed by atoms with Crippen LogP contribution in [-0.2, 0) is 0 Å². The minimum Gasteiger partial charge on any atom is -0.121 e. The molecule has 0 aliphatic carbocycles. The zero-order valence-corrected chi connectivity index (χ0v) is 20.5. The van der Waals surface area contributed by atoms with Crippen LogP contribution < -0.4 is 0 Å². The largest absolute Gasteiger partial charge is 0.121 e. The Hall–Kier alpha value is 1.33. The van der Waals surface area contributed by atoms with Crippen molar-refractivity contribution >= 4 is 106 Å². The summed E-state index contributed by atoms with van der Waals surface area (Å²) in [5.41, 5.74) is 1.34. The summed E-state index contributed by atoms with van der Waals surface area (Å²) in [6.07, 6.45) is 13.3. The molecule has 130 valence electrons. The second kappa shape index (κ2) is 9.22. The summed E-state index contributed by atoms with van der Waals surface area (Å²) in [5, 5.41) is 4.31. The van der Waals surface area contributed by atoms with E-state index >= 15 is 0 Å². The lowest BCUT2D eigenvalue weighted by atomic mass is 10.3. The van der Waals surface area contributed by atoms with Crippen LogP contribution in [0.1, 0.15) is 0 Å². The molecule has 0 saturated heterocycles. The smallest absolute Gasteiger partial charge is 0.0717 e. The van der Waals surface area contributed by atoms with Gasteiger partial charge in [0.2, 0.25) is 0 Å². The van der Waals surface area contributed by atoms with Crippen LogP contribution in [0.25, 0.3) is 0 Å². The second-order valence-corrected chi connectivity index (χ2v) is 15.1. The van der Waals surface area contributed by atoms with Crippen molar-refractivity contribution in [2.24, 2.45) is 0 Å². The number of rotatable bonds is 3. The Balaban J connectivity index is 1.39. The third-order valence-corrected chi connectivity index (χ3v) is 14.4. The maximum Gasteiger partial charge on any atom is 0.0717 e. The molecule has 0 amide bonds. The molecule has 0 radical (unpaired) electrons. The number of thioether (sulfide) groups is 9. The fourth-order valence-corrected chi connectivity index (χ4v) is 13.5. The lowest BCUT2D eigenvalue weighted by Crippen LogP contribution is -1.78. The molecule has 25 heavy (non-hydrogen) atoms. The van der Waals surface area contributed by atoms with Gasteiger partial charge in [-0.2, -0.15) is 0 Å². The van der Waals surface area contributed by atoms with Gasteiger partial charge in [-0.3, -0.25) is 0 Å². The van der Waals surface area contributed by atoms with Crippen LogP contribution in [0.15, 0.2) is 70.4 Å². The number of hydrogen-bond donors (Lipinski definition) is 0. The molecule has 0 nitrogen and oxygen atoms in total. The Labute approximate surface area is 186 Å². The molecule has 4 heterocycles. The highest BCUT2D eigenvalue weighted by Crippen LogP contribution is 2.67. The van der Waals surface area contributed by atoms with Gasteiger partial charge in [0.15, 0.2) is 0 Å². The van der Waals surface area contributed by atoms with Crippen molar-refractivity contribution in [2.75, 3.05) is 12.5 Å². The summed E-state index contributed by atoms with van der Waals surface area (Å²) in [7, 11) is 0. The maximum absolute atomic E-state index is 2.29. The summed E-state index contributed by atoms with van der Waals surface area (Å²) in [5.74, 6) is 0. The Kier molecular flexibility index (Phi) is 7.24. The van der Waals surface area contributed by atoms with Crippen molar-refractivity contribution in [1.29, 1.82) is 0 Å². The Bertz CT molecular complexity index is 753. The van der Waals surface area contributed by atoms with Gasteiger partial charge in [0, 0.05) is 0 Å². The Morgan fingerprint density at radius 3 is 1.72 bits per heavy atom. The van der Waals surface area contributed by atoms with E-state index in [1.165, 1.54) is 35.2 Å². The third-order valence-electron chi connectivity index (χ3n) is 3.09. The SMILES string of the molecule is CSC1=C(SC)SC(=CC=C2SC3=C(S2)SC(=C2C=CSC=C2)S3)S1. The van der Waals surface area contributed by atoms with E-state index in [1.54, 1.807) is 11.8 Å². The van der Waals surface area contributed by atoms with Crippen molar-refractivity contribution in [3.8, 4) is 0 Å². The highest BCUT2D eigenvalue weighted by molar-refractivity contribution is 8.48. The molecule has 0 aromatic carbocycles. The van der Waals surface area contributed by atoms with Gasteiger partial charge in [0.05, 0.1) is 29.7 Å². The van der Waals surface area contributed by atoms with E-state index in [9.17, 15) is 0 Å². The molecule has 0 spiro atoms. The lowest BCUT2D eigenvalue weighted by Gasteiger charge is -2.06. The van der Waals surface area contributed by atoms with Crippen LogP contribution in [0.2, 0.25) is 0 Å². The van der Waals surface area contributed by atoms with E-state index in [0.29, 0.717) is 0 Å². The average Bonchev–Trinajstić information content (AvgIpc) is 3.32. The van der Waals surface area contributed by atoms with Crippen molar-refractivity contribution in [1.82, 2.24) is 0 Å². The molecule has 4 aliphatic heterocycles. The van der Waals surface area contributed by atoms with Gasteiger partial charge in [0.25, 0.3) is 0 Å². The van der Waals surface area contributed by atoms with Gasteiger partial charge >= 0.3 is 0 Å². The van der Waals surface area contributed by atoms with Gasteiger partial charge in [-0.05, 0) is 53.2 Å². The molecule has 0 aromatic heterocycles. The summed E-state index contributed by atoms with van der Waals surface area (Å²) in [6.45, 7) is 0. The van der Waals surface area contributed by atoms with Crippen molar-refractivity contribution < 1.29 is 0 Å². The first-order chi connectivity index (χ1) is 12.3. The fraction of sp³-hybridized carbons (Fsp3) is 0.125. The maximum atomic E-state index is 2.29. The lowest BCUT2D eigenvalue weighted by molar-refractivity contribution is 1.75. The molecule has 0 bridgehead atoms. The zero-order valence-electron chi connectivity index (χ0n) is 13.1. The normalized spacial score (nSPS) is 22.6. The zero-order chi connectivity index (χ0) is 17.2. The van der Waals surface area contributed by atoms with Gasteiger partial charge in [0.1, 0.15) is 0 Å². The van der Waals surface area contributed by atoms with E-state index in [0.717, 1.165) is 0 Å². The van der Waals surface area contributed by atoms with Crippen LogP contribution in [0.4, 0.5) is 0 Å². The molecule has 0 saturated carbocycles. The molecular weight excluding hydrogens is 481 g/mol. The molecule has 0 fully saturated rings. The predicted octanol–water partition coefficient (Wildman–Crippen LogP) is 9.07. The first-order valence-corrected chi connectivity index (χ1v) is 15.3. The molecule has 4 rings (SSSR count). The number of hydrogen-bond acceptors (Lipinski definition) is 9. The van der Waals surface area contributed by atoms with Crippen molar-refractivity contribution in [3.63, 3.8) is 0 Å². The van der Waals surface area contributed by atoms with E-state index < -0.39 is 0 Å². The summed E-state index contributed by atoms with van der Waals surface area (Å²) < 4.78 is 9.94. The monoisotopic (exact) mass is 492 g/mol. The predicted molar refractivity (Wildman–Crippen MR) is 136 cm³/mol. The Morgan fingerprint density at radius 2 is 1.20 bits per heavy atom. The summed E-state index contributed by atoms with van der Waals surface area (Å²) in [6, 6.07) is 0. The topological polar surface area (TPSA) is 0 Å². The molecule has 4 aliphatic rings. The molecule has 0 N–H and O–H groups in total. The second-order valence-electron chi connectivity index (χ2n) is 4.63. The van der Waals surface area contributed by atoms with Crippen molar-refractivity contribution in [3.05, 3.63) is 70.4 Å². The van der Waals surface area contributed by atoms with Gasteiger partial charge in [-0.25, -0.2) is 0 Å². The molecule has 0 aromatic rings. The third kappa shape index (κ3) is 4.67.